The zero-order valence-corrected chi connectivity index (χ0v) is 9.46. The van der Waals surface area contributed by atoms with E-state index in [1.807, 2.05) is 0 Å². The Morgan fingerprint density at radius 1 is 1.00 bits per heavy atom. The molecule has 1 heterocycles. The molecule has 2 rings (SSSR count). The molecule has 0 aliphatic rings. The van der Waals surface area contributed by atoms with Crippen LogP contribution >= 0.6 is 0 Å². The van der Waals surface area contributed by atoms with Crippen LogP contribution in [0.5, 0.6) is 5.75 Å². The molecule has 0 unspecified atom stereocenters. The van der Waals surface area contributed by atoms with Gasteiger partial charge in [0.1, 0.15) is 11.4 Å². The second kappa shape index (κ2) is 5.24. The van der Waals surface area contributed by atoms with Crippen LogP contribution < -0.4 is 4.74 Å². The SMILES string of the molecule is O=C(Oc1cc(F)c(F)c(F)c1F)c1cnccc1F. The summed E-state index contributed by atoms with van der Waals surface area (Å²) < 4.78 is 69.3. The third-order valence-electron chi connectivity index (χ3n) is 2.26. The molecule has 0 N–H and O–H groups in total. The summed E-state index contributed by atoms with van der Waals surface area (Å²) in [6.07, 6.45) is 1.83. The molecule has 1 aromatic heterocycles. The number of hydrogen-bond acceptors (Lipinski definition) is 3. The Hall–Kier alpha value is -2.51. The van der Waals surface area contributed by atoms with E-state index in [2.05, 4.69) is 9.72 Å². The molecular formula is C12H4F5NO2. The number of benzene rings is 1. The van der Waals surface area contributed by atoms with Crippen molar-refractivity contribution in [3.8, 4) is 5.75 Å². The molecule has 0 atom stereocenters. The van der Waals surface area contributed by atoms with Crippen molar-refractivity contribution in [2.75, 3.05) is 0 Å². The fourth-order valence-electron chi connectivity index (χ4n) is 1.31. The van der Waals surface area contributed by atoms with Crippen LogP contribution in [0.4, 0.5) is 22.0 Å². The van der Waals surface area contributed by atoms with Crippen LogP contribution in [0.3, 0.4) is 0 Å². The fraction of sp³-hybridized carbons (Fsp3) is 0. The highest BCUT2D eigenvalue weighted by atomic mass is 19.2. The van der Waals surface area contributed by atoms with Gasteiger partial charge in [0.25, 0.3) is 0 Å². The summed E-state index contributed by atoms with van der Waals surface area (Å²) >= 11 is 0. The van der Waals surface area contributed by atoms with E-state index in [-0.39, 0.29) is 6.07 Å². The molecular weight excluding hydrogens is 285 g/mol. The molecule has 0 bridgehead atoms. The van der Waals surface area contributed by atoms with Gasteiger partial charge in [-0.05, 0) is 6.07 Å². The van der Waals surface area contributed by atoms with Crippen molar-refractivity contribution in [1.29, 1.82) is 0 Å². The van der Waals surface area contributed by atoms with Gasteiger partial charge in [0, 0.05) is 18.5 Å². The third-order valence-corrected chi connectivity index (χ3v) is 2.26. The number of esters is 1. The van der Waals surface area contributed by atoms with Crippen molar-refractivity contribution in [2.45, 2.75) is 0 Å². The van der Waals surface area contributed by atoms with Gasteiger partial charge in [-0.15, -0.1) is 0 Å². The van der Waals surface area contributed by atoms with Gasteiger partial charge >= 0.3 is 5.97 Å². The maximum atomic E-state index is 13.3. The van der Waals surface area contributed by atoms with Crippen molar-refractivity contribution in [2.24, 2.45) is 0 Å². The monoisotopic (exact) mass is 289 g/mol. The molecule has 104 valence electrons. The van der Waals surface area contributed by atoms with Crippen molar-refractivity contribution < 1.29 is 31.5 Å². The smallest absolute Gasteiger partial charge is 0.348 e. The Labute approximate surface area is 108 Å². The van der Waals surface area contributed by atoms with Crippen molar-refractivity contribution in [3.63, 3.8) is 0 Å². The number of rotatable bonds is 2. The second-order valence-corrected chi connectivity index (χ2v) is 3.54. The zero-order valence-electron chi connectivity index (χ0n) is 9.46. The molecule has 0 amide bonds. The lowest BCUT2D eigenvalue weighted by Crippen LogP contribution is -2.13. The van der Waals surface area contributed by atoms with E-state index >= 15 is 0 Å². The molecule has 3 nitrogen and oxygen atoms in total. The lowest BCUT2D eigenvalue weighted by Gasteiger charge is -2.07. The van der Waals surface area contributed by atoms with Gasteiger partial charge in [0.15, 0.2) is 17.4 Å². The first-order valence-corrected chi connectivity index (χ1v) is 5.06. The highest BCUT2D eigenvalue weighted by molar-refractivity contribution is 5.90. The molecule has 0 radical (unpaired) electrons. The van der Waals surface area contributed by atoms with Gasteiger partial charge in [0.2, 0.25) is 11.6 Å². The van der Waals surface area contributed by atoms with Crippen LogP contribution in [-0.2, 0) is 0 Å². The molecule has 0 aliphatic heterocycles. The molecule has 0 aliphatic carbocycles. The molecule has 0 fully saturated rings. The van der Waals surface area contributed by atoms with Crippen LogP contribution in [0.15, 0.2) is 24.5 Å². The van der Waals surface area contributed by atoms with Gasteiger partial charge < -0.3 is 4.74 Å². The Balaban J connectivity index is 2.36. The topological polar surface area (TPSA) is 39.2 Å². The Bertz CT molecular complexity index is 690. The van der Waals surface area contributed by atoms with E-state index in [1.165, 1.54) is 0 Å². The van der Waals surface area contributed by atoms with E-state index < -0.39 is 46.4 Å². The summed E-state index contributed by atoms with van der Waals surface area (Å²) in [6, 6.07) is 0.971. The summed E-state index contributed by atoms with van der Waals surface area (Å²) in [5.74, 6) is -11.5. The van der Waals surface area contributed by atoms with E-state index in [0.717, 1.165) is 18.5 Å². The fourth-order valence-corrected chi connectivity index (χ4v) is 1.31. The van der Waals surface area contributed by atoms with Crippen LogP contribution in [0, 0.1) is 29.1 Å². The van der Waals surface area contributed by atoms with Crippen LogP contribution in [0.25, 0.3) is 0 Å². The van der Waals surface area contributed by atoms with Gasteiger partial charge in [0.05, 0.1) is 0 Å². The summed E-state index contributed by atoms with van der Waals surface area (Å²) in [5, 5.41) is 0. The van der Waals surface area contributed by atoms with Crippen LogP contribution in [0.1, 0.15) is 10.4 Å². The average Bonchev–Trinajstić information content (AvgIpc) is 2.42. The van der Waals surface area contributed by atoms with Crippen molar-refractivity contribution in [1.82, 2.24) is 4.98 Å². The number of carbonyl (C=O) groups is 1. The van der Waals surface area contributed by atoms with Crippen molar-refractivity contribution in [3.05, 3.63) is 59.2 Å². The molecule has 20 heavy (non-hydrogen) atoms. The van der Waals surface area contributed by atoms with Gasteiger partial charge in [-0.1, -0.05) is 0 Å². The van der Waals surface area contributed by atoms with Crippen molar-refractivity contribution >= 4 is 5.97 Å². The van der Waals surface area contributed by atoms with Crippen LogP contribution in [0.2, 0.25) is 0 Å². The Kier molecular flexibility index (Phi) is 3.64. The number of ether oxygens (including phenoxy) is 1. The van der Waals surface area contributed by atoms with Gasteiger partial charge in [-0.3, -0.25) is 4.98 Å². The Morgan fingerprint density at radius 3 is 2.35 bits per heavy atom. The molecule has 0 saturated carbocycles. The molecule has 1 aromatic carbocycles. The number of pyridine rings is 1. The highest BCUT2D eigenvalue weighted by Crippen LogP contribution is 2.25. The number of aromatic nitrogens is 1. The largest absolute Gasteiger partial charge is 0.419 e. The first-order valence-electron chi connectivity index (χ1n) is 5.06. The van der Waals surface area contributed by atoms with Crippen LogP contribution in [-0.4, -0.2) is 11.0 Å². The second-order valence-electron chi connectivity index (χ2n) is 3.54. The summed E-state index contributed by atoms with van der Waals surface area (Å²) in [4.78, 5) is 14.9. The molecule has 8 heteroatoms. The van der Waals surface area contributed by atoms with E-state index in [0.29, 0.717) is 0 Å². The van der Waals surface area contributed by atoms with Gasteiger partial charge in [-0.2, -0.15) is 4.39 Å². The minimum absolute atomic E-state index is 0.139. The van der Waals surface area contributed by atoms with E-state index in [9.17, 15) is 26.7 Å². The lowest BCUT2D eigenvalue weighted by molar-refractivity contribution is 0.0720. The molecule has 0 spiro atoms. The summed E-state index contributed by atoms with van der Waals surface area (Å²) in [5.41, 5.74) is -0.669. The maximum Gasteiger partial charge on any atom is 0.348 e. The zero-order chi connectivity index (χ0) is 14.9. The Morgan fingerprint density at radius 2 is 1.70 bits per heavy atom. The molecule has 2 aromatic rings. The quantitative estimate of drug-likeness (QED) is 0.280. The van der Waals surface area contributed by atoms with Gasteiger partial charge in [-0.25, -0.2) is 22.4 Å². The first-order chi connectivity index (χ1) is 9.41. The number of carbonyl (C=O) groups excluding carboxylic acids is 1. The highest BCUT2D eigenvalue weighted by Gasteiger charge is 2.23. The number of hydrogen-bond donors (Lipinski definition) is 0. The summed E-state index contributed by atoms with van der Waals surface area (Å²) in [7, 11) is 0. The average molecular weight is 289 g/mol. The van der Waals surface area contributed by atoms with E-state index in [4.69, 9.17) is 0 Å². The standard InChI is InChI=1S/C12H4F5NO2/c13-6-1-2-18-4-5(6)12(19)20-8-3-7(14)9(15)11(17)10(8)16/h1-4H. The maximum absolute atomic E-state index is 13.3. The predicted molar refractivity (Wildman–Crippen MR) is 55.4 cm³/mol. The minimum atomic E-state index is -2.14. The number of halogens is 5. The molecule has 0 saturated heterocycles. The predicted octanol–water partition coefficient (Wildman–Crippen LogP) is 3.00. The number of nitrogens with zero attached hydrogens (tertiary/aromatic N) is 1. The minimum Gasteiger partial charge on any atom is -0.419 e. The third kappa shape index (κ3) is 2.44. The lowest BCUT2D eigenvalue weighted by atomic mass is 10.2. The first kappa shape index (κ1) is 13.9. The van der Waals surface area contributed by atoms with E-state index in [1.54, 1.807) is 0 Å². The normalized spacial score (nSPS) is 10.4. The summed E-state index contributed by atoms with van der Waals surface area (Å²) in [6.45, 7) is 0.